The first kappa shape index (κ1) is 12.8. The maximum absolute atomic E-state index is 11.7. The minimum atomic E-state index is -0.528. The van der Waals surface area contributed by atoms with E-state index in [1.807, 2.05) is 26.8 Å². The molecule has 2 rings (SSSR count). The van der Waals surface area contributed by atoms with Crippen LogP contribution in [0, 0.1) is 0 Å². The number of rotatable bonds is 1. The van der Waals surface area contributed by atoms with Gasteiger partial charge in [-0.25, -0.2) is 4.79 Å². The monoisotopic (exact) mass is 266 g/mol. The molecule has 0 radical (unpaired) electrons. The molecule has 2 aromatic rings. The lowest BCUT2D eigenvalue weighted by atomic mass is 10.2. The standard InChI is InChI=1S/C13H15ClN2O2/c1-13(2,3)18-12(17)16-11-7-8(14)6-10-9(11)4-5-15-10/h4-7,15H,1-3H3,(H,16,17). The van der Waals surface area contributed by atoms with E-state index in [0.717, 1.165) is 10.9 Å². The minimum Gasteiger partial charge on any atom is -0.444 e. The van der Waals surface area contributed by atoms with E-state index in [1.54, 1.807) is 18.3 Å². The van der Waals surface area contributed by atoms with Crippen molar-refractivity contribution in [3.8, 4) is 0 Å². The molecule has 1 aromatic carbocycles. The van der Waals surface area contributed by atoms with Crippen molar-refractivity contribution in [2.75, 3.05) is 5.32 Å². The Bertz CT molecular complexity index is 584. The molecule has 0 aliphatic carbocycles. The largest absolute Gasteiger partial charge is 0.444 e. The van der Waals surface area contributed by atoms with Crippen LogP contribution in [0.2, 0.25) is 5.02 Å². The van der Waals surface area contributed by atoms with Gasteiger partial charge in [-0.1, -0.05) is 11.6 Å². The molecule has 0 saturated carbocycles. The first-order valence-electron chi connectivity index (χ1n) is 5.62. The van der Waals surface area contributed by atoms with Crippen molar-refractivity contribution >= 4 is 34.3 Å². The van der Waals surface area contributed by atoms with Crippen LogP contribution in [0.25, 0.3) is 10.9 Å². The molecule has 18 heavy (non-hydrogen) atoms. The number of hydrogen-bond acceptors (Lipinski definition) is 2. The molecule has 0 aliphatic rings. The van der Waals surface area contributed by atoms with Crippen LogP contribution in [-0.4, -0.2) is 16.7 Å². The number of nitrogens with one attached hydrogen (secondary N) is 2. The molecule has 1 amide bonds. The summed E-state index contributed by atoms with van der Waals surface area (Å²) in [6.45, 7) is 5.45. The van der Waals surface area contributed by atoms with Crippen molar-refractivity contribution in [1.29, 1.82) is 0 Å². The van der Waals surface area contributed by atoms with Crippen molar-refractivity contribution in [2.24, 2.45) is 0 Å². The average Bonchev–Trinajstić information content (AvgIpc) is 2.61. The third kappa shape index (κ3) is 2.96. The quantitative estimate of drug-likeness (QED) is 0.814. The Hall–Kier alpha value is -1.68. The molecule has 96 valence electrons. The second kappa shape index (κ2) is 4.53. The number of hydrogen-bond donors (Lipinski definition) is 2. The zero-order valence-corrected chi connectivity index (χ0v) is 11.3. The van der Waals surface area contributed by atoms with Gasteiger partial charge in [0.25, 0.3) is 0 Å². The van der Waals surface area contributed by atoms with E-state index < -0.39 is 11.7 Å². The molecule has 2 N–H and O–H groups in total. The fourth-order valence-corrected chi connectivity index (χ4v) is 1.87. The van der Waals surface area contributed by atoms with E-state index in [2.05, 4.69) is 10.3 Å². The number of ether oxygens (including phenoxy) is 1. The van der Waals surface area contributed by atoms with Gasteiger partial charge in [-0.15, -0.1) is 0 Å². The first-order valence-corrected chi connectivity index (χ1v) is 5.99. The zero-order chi connectivity index (χ0) is 13.3. The molecule has 0 atom stereocenters. The number of aromatic nitrogens is 1. The summed E-state index contributed by atoms with van der Waals surface area (Å²) in [4.78, 5) is 14.8. The predicted octanol–water partition coefficient (Wildman–Crippen LogP) is 4.17. The Morgan fingerprint density at radius 3 is 2.78 bits per heavy atom. The van der Waals surface area contributed by atoms with Gasteiger partial charge in [0, 0.05) is 22.1 Å². The highest BCUT2D eigenvalue weighted by molar-refractivity contribution is 6.32. The average molecular weight is 267 g/mol. The predicted molar refractivity (Wildman–Crippen MR) is 73.2 cm³/mol. The summed E-state index contributed by atoms with van der Waals surface area (Å²) >= 11 is 5.99. The molecule has 0 saturated heterocycles. The van der Waals surface area contributed by atoms with E-state index in [0.29, 0.717) is 10.7 Å². The summed E-state index contributed by atoms with van der Waals surface area (Å²) in [6.07, 6.45) is 1.30. The van der Waals surface area contributed by atoms with E-state index in [-0.39, 0.29) is 0 Å². The molecule has 0 spiro atoms. The molecule has 5 heteroatoms. The number of fused-ring (bicyclic) bond motifs is 1. The summed E-state index contributed by atoms with van der Waals surface area (Å²) in [5.74, 6) is 0. The second-order valence-corrected chi connectivity index (χ2v) is 5.46. The lowest BCUT2D eigenvalue weighted by Crippen LogP contribution is -2.27. The van der Waals surface area contributed by atoms with Gasteiger partial charge in [0.05, 0.1) is 5.69 Å². The van der Waals surface area contributed by atoms with Crippen LogP contribution in [0.1, 0.15) is 20.8 Å². The Balaban J connectivity index is 2.26. The number of carbonyl (C=O) groups excluding carboxylic acids is 1. The Morgan fingerprint density at radius 1 is 1.39 bits per heavy atom. The van der Waals surface area contributed by atoms with E-state index in [1.165, 1.54) is 0 Å². The normalized spacial score (nSPS) is 11.6. The minimum absolute atomic E-state index is 0.493. The summed E-state index contributed by atoms with van der Waals surface area (Å²) in [6, 6.07) is 5.37. The van der Waals surface area contributed by atoms with E-state index in [9.17, 15) is 4.79 Å². The SMILES string of the molecule is CC(C)(C)OC(=O)Nc1cc(Cl)cc2[nH]ccc12. The second-order valence-electron chi connectivity index (χ2n) is 5.02. The van der Waals surface area contributed by atoms with E-state index in [4.69, 9.17) is 16.3 Å². The number of aromatic amines is 1. The van der Waals surface area contributed by atoms with Crippen molar-refractivity contribution in [2.45, 2.75) is 26.4 Å². The van der Waals surface area contributed by atoms with Gasteiger partial charge >= 0.3 is 6.09 Å². The highest BCUT2D eigenvalue weighted by Crippen LogP contribution is 2.27. The van der Waals surface area contributed by atoms with Gasteiger partial charge in [0.1, 0.15) is 5.60 Å². The van der Waals surface area contributed by atoms with Crippen LogP contribution in [0.3, 0.4) is 0 Å². The zero-order valence-electron chi connectivity index (χ0n) is 10.5. The van der Waals surface area contributed by atoms with E-state index >= 15 is 0 Å². The molecular formula is C13H15ClN2O2. The highest BCUT2D eigenvalue weighted by atomic mass is 35.5. The van der Waals surface area contributed by atoms with Crippen LogP contribution in [0.5, 0.6) is 0 Å². The topological polar surface area (TPSA) is 54.1 Å². The number of amides is 1. The van der Waals surface area contributed by atoms with Gasteiger partial charge < -0.3 is 9.72 Å². The highest BCUT2D eigenvalue weighted by Gasteiger charge is 2.17. The third-order valence-corrected chi connectivity index (χ3v) is 2.49. The van der Waals surface area contributed by atoms with Crippen LogP contribution in [0.15, 0.2) is 24.4 Å². The maximum atomic E-state index is 11.7. The third-order valence-electron chi connectivity index (χ3n) is 2.27. The molecule has 0 fully saturated rings. The van der Waals surface area contributed by atoms with Crippen molar-refractivity contribution in [1.82, 2.24) is 4.98 Å². The number of carbonyl (C=O) groups is 1. The Kier molecular flexibility index (Phi) is 3.22. The first-order chi connectivity index (χ1) is 8.35. The van der Waals surface area contributed by atoms with Crippen molar-refractivity contribution in [3.05, 3.63) is 29.4 Å². The van der Waals surface area contributed by atoms with Crippen LogP contribution in [0.4, 0.5) is 10.5 Å². The molecule has 0 aliphatic heterocycles. The van der Waals surface area contributed by atoms with Gasteiger partial charge in [-0.05, 0) is 39.0 Å². The fourth-order valence-electron chi connectivity index (χ4n) is 1.65. The van der Waals surface area contributed by atoms with Gasteiger partial charge in [0.2, 0.25) is 0 Å². The van der Waals surface area contributed by atoms with Crippen molar-refractivity contribution in [3.63, 3.8) is 0 Å². The van der Waals surface area contributed by atoms with Gasteiger partial charge in [0.15, 0.2) is 0 Å². The molecule has 4 nitrogen and oxygen atoms in total. The molecule has 0 bridgehead atoms. The number of halogens is 1. The van der Waals surface area contributed by atoms with Crippen LogP contribution >= 0.6 is 11.6 Å². The lowest BCUT2D eigenvalue weighted by Gasteiger charge is -2.20. The van der Waals surface area contributed by atoms with Gasteiger partial charge in [-0.3, -0.25) is 5.32 Å². The summed E-state index contributed by atoms with van der Waals surface area (Å²) in [5, 5.41) is 4.15. The summed E-state index contributed by atoms with van der Waals surface area (Å²) in [5.41, 5.74) is 0.974. The maximum Gasteiger partial charge on any atom is 0.412 e. The molecule has 0 unspecified atom stereocenters. The summed E-state index contributed by atoms with van der Waals surface area (Å²) < 4.78 is 5.20. The summed E-state index contributed by atoms with van der Waals surface area (Å²) in [7, 11) is 0. The Labute approximate surface area is 110 Å². The van der Waals surface area contributed by atoms with Crippen molar-refractivity contribution < 1.29 is 9.53 Å². The number of H-pyrrole nitrogens is 1. The number of benzene rings is 1. The van der Waals surface area contributed by atoms with Gasteiger partial charge in [-0.2, -0.15) is 0 Å². The lowest BCUT2D eigenvalue weighted by molar-refractivity contribution is 0.0636. The van der Waals surface area contributed by atoms with Crippen LogP contribution < -0.4 is 5.32 Å². The van der Waals surface area contributed by atoms with Crippen LogP contribution in [-0.2, 0) is 4.74 Å². The molecule has 1 heterocycles. The fraction of sp³-hybridized carbons (Fsp3) is 0.308. The molecule has 1 aromatic heterocycles. The Morgan fingerprint density at radius 2 is 2.11 bits per heavy atom. The number of anilines is 1. The smallest absolute Gasteiger partial charge is 0.412 e. The molecular weight excluding hydrogens is 252 g/mol.